The first kappa shape index (κ1) is 20.5. The Morgan fingerprint density at radius 1 is 1.25 bits per heavy atom. The number of para-hydroxylation sites is 2. The third-order valence-corrected chi connectivity index (χ3v) is 6.42. The number of amides is 2. The third-order valence-electron chi connectivity index (χ3n) is 5.48. The number of fused-ring (bicyclic) bond motifs is 1. The molecule has 2 heterocycles. The Labute approximate surface area is 169 Å². The van der Waals surface area contributed by atoms with Crippen molar-refractivity contribution in [3.63, 3.8) is 0 Å². The molecular weight excluding hydrogens is 376 g/mol. The van der Waals surface area contributed by atoms with E-state index in [2.05, 4.69) is 22.4 Å². The summed E-state index contributed by atoms with van der Waals surface area (Å²) in [5, 5.41) is 10.0. The molecule has 0 atom stereocenters. The normalized spacial score (nSPS) is 22.2. The molecule has 0 radical (unpaired) electrons. The number of aromatic amines is 1. The molecule has 152 valence electrons. The number of nitrogens with one attached hydrogen (secondary N) is 2. The highest BCUT2D eigenvalue weighted by Gasteiger charge is 2.25. The van der Waals surface area contributed by atoms with E-state index in [9.17, 15) is 4.79 Å². The third kappa shape index (κ3) is 5.41. The Bertz CT molecular complexity index is 735. The van der Waals surface area contributed by atoms with E-state index < -0.39 is 0 Å². The van der Waals surface area contributed by atoms with Crippen molar-refractivity contribution < 1.29 is 14.7 Å². The molecule has 1 aliphatic carbocycles. The SMILES string of the molecule is O=C(NCC1CCC(c2nc3ccccc3[nH]2)CC1)N1CCSCC1.O=CO. The molecule has 7 nitrogen and oxygen atoms in total. The maximum Gasteiger partial charge on any atom is 0.317 e. The summed E-state index contributed by atoms with van der Waals surface area (Å²) in [5.74, 6) is 4.39. The Kier molecular flexibility index (Phi) is 7.59. The van der Waals surface area contributed by atoms with E-state index in [1.54, 1.807) is 0 Å². The summed E-state index contributed by atoms with van der Waals surface area (Å²) in [6, 6.07) is 8.36. The number of carbonyl (C=O) groups excluding carboxylic acids is 1. The van der Waals surface area contributed by atoms with Crippen LogP contribution in [0, 0.1) is 5.92 Å². The molecule has 2 aromatic rings. The highest BCUT2D eigenvalue weighted by Crippen LogP contribution is 2.35. The van der Waals surface area contributed by atoms with E-state index in [0.717, 1.165) is 73.7 Å². The minimum Gasteiger partial charge on any atom is -0.483 e. The van der Waals surface area contributed by atoms with Crippen LogP contribution < -0.4 is 5.32 Å². The predicted octanol–water partition coefficient (Wildman–Crippen LogP) is 3.30. The van der Waals surface area contributed by atoms with Gasteiger partial charge in [-0.3, -0.25) is 4.79 Å². The van der Waals surface area contributed by atoms with E-state index in [4.69, 9.17) is 14.9 Å². The highest BCUT2D eigenvalue weighted by atomic mass is 32.2. The van der Waals surface area contributed by atoms with Crippen LogP contribution in [0.4, 0.5) is 4.79 Å². The lowest BCUT2D eigenvalue weighted by Gasteiger charge is -2.30. The minimum absolute atomic E-state index is 0.125. The van der Waals surface area contributed by atoms with Crippen molar-refractivity contribution in [1.29, 1.82) is 0 Å². The molecule has 8 heteroatoms. The number of carboxylic acid groups (broad SMARTS) is 1. The maximum atomic E-state index is 12.2. The average molecular weight is 405 g/mol. The summed E-state index contributed by atoms with van der Waals surface area (Å²) in [6.45, 7) is 2.33. The number of rotatable bonds is 3. The van der Waals surface area contributed by atoms with Gasteiger partial charge in [0.15, 0.2) is 0 Å². The fraction of sp³-hybridized carbons (Fsp3) is 0.550. The van der Waals surface area contributed by atoms with E-state index in [0.29, 0.717) is 11.8 Å². The van der Waals surface area contributed by atoms with Crippen LogP contribution in [0.2, 0.25) is 0 Å². The number of hydrogen-bond acceptors (Lipinski definition) is 4. The summed E-state index contributed by atoms with van der Waals surface area (Å²) in [4.78, 5) is 30.8. The van der Waals surface area contributed by atoms with E-state index in [1.807, 2.05) is 28.8 Å². The molecule has 0 unspecified atom stereocenters. The number of nitrogens with zero attached hydrogens (tertiary/aromatic N) is 2. The van der Waals surface area contributed by atoms with Crippen LogP contribution in [0.5, 0.6) is 0 Å². The first-order valence-corrected chi connectivity index (χ1v) is 11.0. The zero-order valence-corrected chi connectivity index (χ0v) is 16.8. The zero-order chi connectivity index (χ0) is 19.8. The maximum absolute atomic E-state index is 12.2. The summed E-state index contributed by atoms with van der Waals surface area (Å²) >= 11 is 1.93. The number of H-pyrrole nitrogens is 1. The summed E-state index contributed by atoms with van der Waals surface area (Å²) in [6.07, 6.45) is 4.64. The van der Waals surface area contributed by atoms with Gasteiger partial charge in [-0.1, -0.05) is 12.1 Å². The first-order valence-electron chi connectivity index (χ1n) is 9.84. The van der Waals surface area contributed by atoms with Crippen LogP contribution in [-0.2, 0) is 4.79 Å². The molecule has 1 aromatic heterocycles. The van der Waals surface area contributed by atoms with Gasteiger partial charge in [0.2, 0.25) is 0 Å². The molecule has 2 fully saturated rings. The Morgan fingerprint density at radius 3 is 2.61 bits per heavy atom. The van der Waals surface area contributed by atoms with Gasteiger partial charge in [0, 0.05) is 37.1 Å². The topological polar surface area (TPSA) is 98.3 Å². The van der Waals surface area contributed by atoms with Gasteiger partial charge >= 0.3 is 6.03 Å². The molecule has 0 spiro atoms. The van der Waals surface area contributed by atoms with E-state index in [1.165, 1.54) is 0 Å². The first-order chi connectivity index (χ1) is 13.7. The van der Waals surface area contributed by atoms with Gasteiger partial charge in [-0.2, -0.15) is 11.8 Å². The second-order valence-electron chi connectivity index (χ2n) is 7.25. The minimum atomic E-state index is -0.250. The van der Waals surface area contributed by atoms with Crippen molar-refractivity contribution in [2.24, 2.45) is 5.92 Å². The fourth-order valence-corrected chi connectivity index (χ4v) is 4.82. The van der Waals surface area contributed by atoms with Crippen LogP contribution >= 0.6 is 11.8 Å². The Hall–Kier alpha value is -2.22. The van der Waals surface area contributed by atoms with Gasteiger partial charge in [0.05, 0.1) is 11.0 Å². The van der Waals surface area contributed by atoms with Gasteiger partial charge in [-0.15, -0.1) is 0 Å². The molecule has 28 heavy (non-hydrogen) atoms. The molecule has 1 saturated heterocycles. The summed E-state index contributed by atoms with van der Waals surface area (Å²) < 4.78 is 0. The van der Waals surface area contributed by atoms with Crippen LogP contribution in [-0.4, -0.2) is 63.6 Å². The van der Waals surface area contributed by atoms with Gasteiger partial charge in [-0.05, 0) is 43.7 Å². The second-order valence-corrected chi connectivity index (χ2v) is 8.47. The summed E-state index contributed by atoms with van der Waals surface area (Å²) in [5.41, 5.74) is 2.19. The number of benzene rings is 1. The number of thioether (sulfide) groups is 1. The number of urea groups is 1. The number of aromatic nitrogens is 2. The zero-order valence-electron chi connectivity index (χ0n) is 16.0. The Balaban J connectivity index is 0.000000706. The quantitative estimate of drug-likeness (QED) is 0.682. The fourth-order valence-electron chi connectivity index (χ4n) is 3.92. The average Bonchev–Trinajstić information content (AvgIpc) is 3.18. The van der Waals surface area contributed by atoms with Crippen molar-refractivity contribution in [1.82, 2.24) is 20.2 Å². The van der Waals surface area contributed by atoms with Crippen molar-refractivity contribution in [3.05, 3.63) is 30.1 Å². The lowest BCUT2D eigenvalue weighted by Crippen LogP contribution is -2.45. The van der Waals surface area contributed by atoms with Crippen LogP contribution in [0.1, 0.15) is 37.4 Å². The predicted molar refractivity (Wildman–Crippen MR) is 112 cm³/mol. The monoisotopic (exact) mass is 404 g/mol. The number of imidazole rings is 1. The number of hydrogen-bond donors (Lipinski definition) is 3. The van der Waals surface area contributed by atoms with E-state index >= 15 is 0 Å². The van der Waals surface area contributed by atoms with Crippen LogP contribution in [0.25, 0.3) is 11.0 Å². The molecule has 0 bridgehead atoms. The lowest BCUT2D eigenvalue weighted by molar-refractivity contribution is -0.122. The van der Waals surface area contributed by atoms with Crippen molar-refractivity contribution in [2.75, 3.05) is 31.1 Å². The molecular formula is C20H28N4O3S. The van der Waals surface area contributed by atoms with Gasteiger partial charge in [-0.25, -0.2) is 9.78 Å². The van der Waals surface area contributed by atoms with Gasteiger partial charge in [0.25, 0.3) is 6.47 Å². The van der Waals surface area contributed by atoms with E-state index in [-0.39, 0.29) is 12.5 Å². The molecule has 1 saturated carbocycles. The molecule has 2 aliphatic rings. The lowest BCUT2D eigenvalue weighted by atomic mass is 9.81. The molecule has 1 aliphatic heterocycles. The van der Waals surface area contributed by atoms with Crippen LogP contribution in [0.15, 0.2) is 24.3 Å². The number of carbonyl (C=O) groups is 2. The largest absolute Gasteiger partial charge is 0.483 e. The highest BCUT2D eigenvalue weighted by molar-refractivity contribution is 7.99. The van der Waals surface area contributed by atoms with Gasteiger partial charge in [0.1, 0.15) is 5.82 Å². The smallest absolute Gasteiger partial charge is 0.317 e. The van der Waals surface area contributed by atoms with Crippen molar-refractivity contribution in [3.8, 4) is 0 Å². The van der Waals surface area contributed by atoms with Crippen molar-refractivity contribution >= 4 is 35.3 Å². The second kappa shape index (κ2) is 10.4. The van der Waals surface area contributed by atoms with Crippen molar-refractivity contribution in [2.45, 2.75) is 31.6 Å². The molecule has 2 amide bonds. The molecule has 3 N–H and O–H groups in total. The Morgan fingerprint density at radius 2 is 1.93 bits per heavy atom. The van der Waals surface area contributed by atoms with Gasteiger partial charge < -0.3 is 20.3 Å². The van der Waals surface area contributed by atoms with Crippen LogP contribution in [0.3, 0.4) is 0 Å². The summed E-state index contributed by atoms with van der Waals surface area (Å²) in [7, 11) is 0. The molecule has 1 aromatic carbocycles. The standard InChI is InChI=1S/C19H26N4OS.CH2O2/c24-19(23-9-11-25-12-10-23)20-13-14-5-7-15(8-6-14)18-21-16-3-1-2-4-17(16)22-18;2-1-3/h1-4,14-15H,5-13H2,(H,20,24)(H,21,22);1H,(H,2,3). The molecule has 4 rings (SSSR count).